The van der Waals surface area contributed by atoms with E-state index in [4.69, 9.17) is 0 Å². The molecule has 2 nitrogen and oxygen atoms in total. The second kappa shape index (κ2) is 8.26. The zero-order valence-electron chi connectivity index (χ0n) is 16.0. The lowest BCUT2D eigenvalue weighted by molar-refractivity contribution is 0.109. The Morgan fingerprint density at radius 3 is 2.23 bits per heavy atom. The van der Waals surface area contributed by atoms with Gasteiger partial charge in [0.05, 0.1) is 0 Å². The van der Waals surface area contributed by atoms with E-state index >= 15 is 0 Å². The Labute approximate surface area is 158 Å². The molecule has 1 aliphatic carbocycles. The maximum absolute atomic E-state index is 3.75. The molecule has 0 unspecified atom stereocenters. The first kappa shape index (κ1) is 17.6. The monoisotopic (exact) mass is 348 g/mol. The Kier molecular flexibility index (Phi) is 5.59. The Morgan fingerprint density at radius 1 is 0.808 bits per heavy atom. The van der Waals surface area contributed by atoms with Crippen molar-refractivity contribution in [1.82, 2.24) is 4.90 Å². The third kappa shape index (κ3) is 4.12. The third-order valence-corrected chi connectivity index (χ3v) is 6.38. The van der Waals surface area contributed by atoms with E-state index in [1.54, 1.807) is 5.56 Å². The van der Waals surface area contributed by atoms with E-state index in [1.165, 1.54) is 62.9 Å². The maximum atomic E-state index is 3.75. The van der Waals surface area contributed by atoms with Gasteiger partial charge in [-0.3, -0.25) is 4.90 Å². The largest absolute Gasteiger partial charge is 0.382 e. The van der Waals surface area contributed by atoms with Crippen LogP contribution in [0.1, 0.15) is 55.6 Å². The predicted molar refractivity (Wildman–Crippen MR) is 111 cm³/mol. The summed E-state index contributed by atoms with van der Waals surface area (Å²) in [5.74, 6) is 0.728. The van der Waals surface area contributed by atoms with Crippen LogP contribution in [0.3, 0.4) is 0 Å². The number of benzene rings is 2. The fourth-order valence-corrected chi connectivity index (χ4v) is 4.90. The van der Waals surface area contributed by atoms with Crippen molar-refractivity contribution in [1.29, 1.82) is 0 Å². The molecule has 2 heteroatoms. The molecule has 1 aliphatic heterocycles. The molecule has 1 heterocycles. The van der Waals surface area contributed by atoms with Crippen LogP contribution in [0.25, 0.3) is 0 Å². The molecule has 4 rings (SSSR count). The average Bonchev–Trinajstić information content (AvgIpc) is 2.71. The Hall–Kier alpha value is -1.80. The normalized spacial score (nSPS) is 25.1. The number of nitrogens with one attached hydrogen (secondary N) is 1. The smallest absolute Gasteiger partial charge is 0.0342 e. The van der Waals surface area contributed by atoms with Crippen LogP contribution in [0.4, 0.5) is 5.69 Å². The maximum Gasteiger partial charge on any atom is 0.0342 e. The lowest BCUT2D eigenvalue weighted by Gasteiger charge is -2.44. The van der Waals surface area contributed by atoms with Crippen LogP contribution in [0.5, 0.6) is 0 Å². The van der Waals surface area contributed by atoms with E-state index in [-0.39, 0.29) is 0 Å². The molecule has 26 heavy (non-hydrogen) atoms. The summed E-state index contributed by atoms with van der Waals surface area (Å²) < 4.78 is 0. The first-order chi connectivity index (χ1) is 12.8. The summed E-state index contributed by atoms with van der Waals surface area (Å²) in [6.45, 7) is 4.62. The minimum Gasteiger partial charge on any atom is -0.382 e. The molecular formula is C24H32N2. The molecule has 1 saturated carbocycles. The van der Waals surface area contributed by atoms with Crippen molar-refractivity contribution in [3.8, 4) is 0 Å². The Morgan fingerprint density at radius 2 is 1.50 bits per heavy atom. The van der Waals surface area contributed by atoms with Gasteiger partial charge in [-0.2, -0.15) is 0 Å². The van der Waals surface area contributed by atoms with Crippen LogP contribution >= 0.6 is 0 Å². The highest BCUT2D eigenvalue weighted by molar-refractivity contribution is 5.45. The first-order valence-electron chi connectivity index (χ1n) is 10.4. The van der Waals surface area contributed by atoms with Crippen molar-refractivity contribution in [3.05, 3.63) is 65.7 Å². The van der Waals surface area contributed by atoms with E-state index in [2.05, 4.69) is 71.7 Å². The second-order valence-electron chi connectivity index (χ2n) is 8.19. The second-order valence-corrected chi connectivity index (χ2v) is 8.19. The SMILES string of the molecule is Cc1ccc(NC2CCN([C@@H]3CCCC[C@@H]3c3ccccc3)CC2)cc1. The average molecular weight is 349 g/mol. The zero-order chi connectivity index (χ0) is 17.8. The van der Waals surface area contributed by atoms with E-state index in [9.17, 15) is 0 Å². The molecule has 0 radical (unpaired) electrons. The summed E-state index contributed by atoms with van der Waals surface area (Å²) in [6, 6.07) is 21.4. The lowest BCUT2D eigenvalue weighted by Crippen LogP contribution is -2.47. The highest BCUT2D eigenvalue weighted by Gasteiger charge is 2.33. The van der Waals surface area contributed by atoms with Gasteiger partial charge in [-0.25, -0.2) is 0 Å². The molecule has 1 N–H and O–H groups in total. The highest BCUT2D eigenvalue weighted by Crippen LogP contribution is 2.37. The summed E-state index contributed by atoms with van der Waals surface area (Å²) in [5, 5.41) is 3.75. The fourth-order valence-electron chi connectivity index (χ4n) is 4.90. The molecule has 2 atom stereocenters. The molecule has 2 aromatic rings. The molecule has 1 saturated heterocycles. The van der Waals surface area contributed by atoms with E-state index < -0.39 is 0 Å². The van der Waals surface area contributed by atoms with Crippen LogP contribution in [-0.4, -0.2) is 30.1 Å². The van der Waals surface area contributed by atoms with E-state index in [1.807, 2.05) is 0 Å². The molecule has 2 aromatic carbocycles. The van der Waals surface area contributed by atoms with Crippen molar-refractivity contribution in [2.75, 3.05) is 18.4 Å². The van der Waals surface area contributed by atoms with Gasteiger partial charge in [0.1, 0.15) is 0 Å². The number of hydrogen-bond acceptors (Lipinski definition) is 2. The van der Waals surface area contributed by atoms with Gasteiger partial charge in [0, 0.05) is 30.9 Å². The number of anilines is 1. The molecule has 0 bridgehead atoms. The molecular weight excluding hydrogens is 316 g/mol. The minimum atomic E-state index is 0.618. The van der Waals surface area contributed by atoms with Crippen molar-refractivity contribution in [2.24, 2.45) is 0 Å². The van der Waals surface area contributed by atoms with E-state index in [0.717, 1.165) is 12.0 Å². The molecule has 138 valence electrons. The summed E-state index contributed by atoms with van der Waals surface area (Å²) in [6.07, 6.45) is 8.03. The van der Waals surface area contributed by atoms with Crippen LogP contribution in [0, 0.1) is 6.92 Å². The third-order valence-electron chi connectivity index (χ3n) is 6.38. The number of piperidine rings is 1. The quantitative estimate of drug-likeness (QED) is 0.774. The van der Waals surface area contributed by atoms with Crippen molar-refractivity contribution < 1.29 is 0 Å². The molecule has 0 amide bonds. The van der Waals surface area contributed by atoms with Gasteiger partial charge in [0.15, 0.2) is 0 Å². The van der Waals surface area contributed by atoms with Crippen LogP contribution in [0.2, 0.25) is 0 Å². The molecule has 2 aliphatic rings. The molecule has 0 spiro atoms. The lowest BCUT2D eigenvalue weighted by atomic mass is 9.78. The van der Waals surface area contributed by atoms with Crippen LogP contribution < -0.4 is 5.32 Å². The topological polar surface area (TPSA) is 15.3 Å². The number of likely N-dealkylation sites (tertiary alicyclic amines) is 1. The summed E-state index contributed by atoms with van der Waals surface area (Å²) in [5.41, 5.74) is 4.15. The number of nitrogens with zero attached hydrogens (tertiary/aromatic N) is 1. The molecule has 0 aromatic heterocycles. The number of aryl methyl sites for hydroxylation is 1. The zero-order valence-corrected chi connectivity index (χ0v) is 16.0. The Balaban J connectivity index is 1.36. The van der Waals surface area contributed by atoms with Crippen molar-refractivity contribution >= 4 is 5.69 Å². The van der Waals surface area contributed by atoms with Crippen LogP contribution in [-0.2, 0) is 0 Å². The van der Waals surface area contributed by atoms with E-state index in [0.29, 0.717) is 6.04 Å². The van der Waals surface area contributed by atoms with Crippen LogP contribution in [0.15, 0.2) is 54.6 Å². The standard InChI is InChI=1S/C24H32N2/c1-19-11-13-21(14-12-19)25-22-15-17-26(18-16-22)24-10-6-5-9-23(24)20-7-3-2-4-8-20/h2-4,7-8,11-14,22-25H,5-6,9-10,15-18H2,1H3/t23-,24-/m1/s1. The summed E-state index contributed by atoms with van der Waals surface area (Å²) in [4.78, 5) is 2.80. The summed E-state index contributed by atoms with van der Waals surface area (Å²) >= 11 is 0. The van der Waals surface area contributed by atoms with Gasteiger partial charge in [0.2, 0.25) is 0 Å². The van der Waals surface area contributed by atoms with Crippen molar-refractivity contribution in [3.63, 3.8) is 0 Å². The van der Waals surface area contributed by atoms with Gasteiger partial charge in [-0.15, -0.1) is 0 Å². The van der Waals surface area contributed by atoms with Gasteiger partial charge in [-0.1, -0.05) is 60.9 Å². The molecule has 2 fully saturated rings. The van der Waals surface area contributed by atoms with Gasteiger partial charge in [-0.05, 0) is 56.2 Å². The summed E-state index contributed by atoms with van der Waals surface area (Å²) in [7, 11) is 0. The number of rotatable bonds is 4. The Bertz CT molecular complexity index is 671. The fraction of sp³-hybridized carbons (Fsp3) is 0.500. The van der Waals surface area contributed by atoms with Crippen molar-refractivity contribution in [2.45, 2.75) is 63.5 Å². The van der Waals surface area contributed by atoms with Gasteiger partial charge < -0.3 is 5.32 Å². The number of hydrogen-bond donors (Lipinski definition) is 1. The first-order valence-corrected chi connectivity index (χ1v) is 10.4. The van der Waals surface area contributed by atoms with Gasteiger partial charge in [0.25, 0.3) is 0 Å². The predicted octanol–water partition coefficient (Wildman–Crippen LogP) is 5.60. The van der Waals surface area contributed by atoms with Gasteiger partial charge >= 0.3 is 0 Å². The highest BCUT2D eigenvalue weighted by atomic mass is 15.2. The minimum absolute atomic E-state index is 0.618.